The Hall–Kier alpha value is -3.02. The number of carbonyl (C=O) groups excluding carboxylic acids is 4. The first-order chi connectivity index (χ1) is 37.2. The average molecular weight is 1120 g/mol. The van der Waals surface area contributed by atoms with Gasteiger partial charge in [-0.3, -0.25) is 14.4 Å². The Morgan fingerprint density at radius 1 is 0.628 bits per heavy atom. The first-order valence-electron chi connectivity index (χ1n) is 28.2. The highest BCUT2D eigenvalue weighted by atomic mass is 16.8. The van der Waals surface area contributed by atoms with Crippen LogP contribution >= 0.6 is 0 Å². The van der Waals surface area contributed by atoms with Crippen molar-refractivity contribution in [3.05, 3.63) is 12.2 Å². The molecule has 24 atom stereocenters. The fourth-order valence-electron chi connectivity index (χ4n) is 9.97. The number of carbonyl (C=O) groups is 4. The lowest BCUT2D eigenvalue weighted by Crippen LogP contribution is -2.69. The van der Waals surface area contributed by atoms with Gasteiger partial charge in [-0.2, -0.15) is 0 Å². The molecular formula is C54H90O24. The average Bonchev–Trinajstić information content (AvgIpc) is 3.50. The largest absolute Gasteiger partial charge is 0.455 e. The third-order valence-corrected chi connectivity index (χ3v) is 15.3. The van der Waals surface area contributed by atoms with E-state index >= 15 is 0 Å². The SMILES string of the molecule is C/C=C\C(=O)O[C@@H]1[C@@H](O)[C@@H](OC(=O)[C@@H](C)[C@@H](C)O)[C@H](O[C@H]2[C@@H]3O[C@@H]4[C@H](O[C@@H](CCCCC)CCCCCCCCCC(=O)O[C@H]5[C@@H](O[C@H]2[C@H](O)[C@@H](CO)O3)O[C@H](CO)[C@@H](O)[C@@H]5OC(=O)[C@@H](C)CC)O[C@H](C)[C@@H](O)[C@@H]4O)O[C@H]1C. The molecule has 8 N–H and O–H groups in total. The van der Waals surface area contributed by atoms with Gasteiger partial charge in [0.15, 0.2) is 49.6 Å². The summed E-state index contributed by atoms with van der Waals surface area (Å²) in [6.45, 7) is 10.7. The highest BCUT2D eigenvalue weighted by Crippen LogP contribution is 2.39. The van der Waals surface area contributed by atoms with Crippen molar-refractivity contribution in [3.63, 3.8) is 0 Å². The molecule has 0 aromatic carbocycles. The molecule has 0 radical (unpaired) electrons. The second kappa shape index (κ2) is 32.0. The predicted molar refractivity (Wildman–Crippen MR) is 270 cm³/mol. The molecule has 5 rings (SSSR count). The van der Waals surface area contributed by atoms with Gasteiger partial charge in [0.05, 0.1) is 49.5 Å². The number of aliphatic hydroxyl groups is 8. The number of unbranched alkanes of at least 4 members (excludes halogenated alkanes) is 2. The molecule has 0 amide bonds. The first-order valence-corrected chi connectivity index (χ1v) is 28.2. The zero-order chi connectivity index (χ0) is 57.4. The van der Waals surface area contributed by atoms with E-state index in [4.69, 9.17) is 56.8 Å². The lowest BCUT2D eigenvalue weighted by atomic mass is 9.95. The molecule has 0 spiro atoms. The molecule has 2 bridgehead atoms. The molecule has 5 fully saturated rings. The summed E-state index contributed by atoms with van der Waals surface area (Å²) in [5, 5.41) is 91.2. The molecule has 0 aromatic heterocycles. The van der Waals surface area contributed by atoms with E-state index in [1.807, 2.05) is 0 Å². The third kappa shape index (κ3) is 17.5. The number of fused-ring (bicyclic) bond motifs is 4. The second-order valence-corrected chi connectivity index (χ2v) is 21.4. The Bertz CT molecular complexity index is 1860. The molecule has 5 aliphatic heterocycles. The van der Waals surface area contributed by atoms with E-state index in [1.165, 1.54) is 26.8 Å². The minimum atomic E-state index is -2.00. The van der Waals surface area contributed by atoms with Gasteiger partial charge in [-0.1, -0.05) is 84.6 Å². The van der Waals surface area contributed by atoms with Crippen LogP contribution in [-0.4, -0.2) is 213 Å². The summed E-state index contributed by atoms with van der Waals surface area (Å²) in [5.41, 5.74) is 0. The molecule has 24 nitrogen and oxygen atoms in total. The summed E-state index contributed by atoms with van der Waals surface area (Å²) in [5.74, 6) is -5.47. The number of hydrogen-bond donors (Lipinski definition) is 8. The monoisotopic (exact) mass is 1120 g/mol. The van der Waals surface area contributed by atoms with Gasteiger partial charge < -0.3 is 97.7 Å². The highest BCUT2D eigenvalue weighted by molar-refractivity contribution is 5.82. The molecule has 0 aliphatic carbocycles. The van der Waals surface area contributed by atoms with Crippen molar-refractivity contribution >= 4 is 23.9 Å². The van der Waals surface area contributed by atoms with Crippen LogP contribution in [0.2, 0.25) is 0 Å². The fraction of sp³-hybridized carbons (Fsp3) is 0.889. The summed E-state index contributed by atoms with van der Waals surface area (Å²) in [6.07, 6.45) is -24.4. The minimum Gasteiger partial charge on any atom is -0.455 e. The Morgan fingerprint density at radius 2 is 1.24 bits per heavy atom. The van der Waals surface area contributed by atoms with Gasteiger partial charge in [-0.05, 0) is 60.3 Å². The van der Waals surface area contributed by atoms with E-state index < -0.39 is 184 Å². The van der Waals surface area contributed by atoms with E-state index in [2.05, 4.69) is 6.92 Å². The van der Waals surface area contributed by atoms with Crippen molar-refractivity contribution in [2.75, 3.05) is 13.2 Å². The molecule has 5 aliphatic rings. The normalized spacial score (nSPS) is 40.1. The van der Waals surface area contributed by atoms with Gasteiger partial charge in [0.2, 0.25) is 0 Å². The molecule has 5 heterocycles. The van der Waals surface area contributed by atoms with Crippen LogP contribution in [0.25, 0.3) is 0 Å². The van der Waals surface area contributed by atoms with Crippen LogP contribution in [0.5, 0.6) is 0 Å². The number of hydrogen-bond acceptors (Lipinski definition) is 24. The van der Waals surface area contributed by atoms with Crippen molar-refractivity contribution in [2.45, 2.75) is 280 Å². The van der Waals surface area contributed by atoms with Crippen molar-refractivity contribution in [3.8, 4) is 0 Å². The molecule has 0 saturated carbocycles. The van der Waals surface area contributed by atoms with Crippen LogP contribution < -0.4 is 0 Å². The van der Waals surface area contributed by atoms with Gasteiger partial charge in [0.1, 0.15) is 61.0 Å². The van der Waals surface area contributed by atoms with Crippen LogP contribution in [0.4, 0.5) is 0 Å². The lowest BCUT2D eigenvalue weighted by molar-refractivity contribution is -0.409. The Morgan fingerprint density at radius 3 is 1.88 bits per heavy atom. The summed E-state index contributed by atoms with van der Waals surface area (Å²) in [4.78, 5) is 53.9. The van der Waals surface area contributed by atoms with E-state index in [-0.39, 0.29) is 6.42 Å². The van der Waals surface area contributed by atoms with Crippen molar-refractivity contribution < 1.29 is 117 Å². The maximum atomic E-state index is 13.9. The molecule has 450 valence electrons. The molecule has 5 saturated heterocycles. The molecule has 78 heavy (non-hydrogen) atoms. The quantitative estimate of drug-likeness (QED) is 0.0471. The molecule has 0 unspecified atom stereocenters. The van der Waals surface area contributed by atoms with Crippen LogP contribution in [0, 0.1) is 11.8 Å². The van der Waals surface area contributed by atoms with Crippen LogP contribution in [0.3, 0.4) is 0 Å². The van der Waals surface area contributed by atoms with Crippen molar-refractivity contribution in [2.24, 2.45) is 11.8 Å². The smallest absolute Gasteiger partial charge is 0.330 e. The first kappa shape index (κ1) is 65.8. The summed E-state index contributed by atoms with van der Waals surface area (Å²) >= 11 is 0. The van der Waals surface area contributed by atoms with E-state index in [9.17, 15) is 60.0 Å². The lowest BCUT2D eigenvalue weighted by Gasteiger charge is -2.51. The maximum absolute atomic E-state index is 13.9. The van der Waals surface area contributed by atoms with Gasteiger partial charge in [-0.25, -0.2) is 4.79 Å². The summed E-state index contributed by atoms with van der Waals surface area (Å²) < 4.78 is 74.7. The Labute approximate surface area is 457 Å². The van der Waals surface area contributed by atoms with Crippen LogP contribution in [-0.2, 0) is 76.0 Å². The summed E-state index contributed by atoms with van der Waals surface area (Å²) in [7, 11) is 0. The van der Waals surface area contributed by atoms with E-state index in [1.54, 1.807) is 27.7 Å². The summed E-state index contributed by atoms with van der Waals surface area (Å²) in [6, 6.07) is 0. The maximum Gasteiger partial charge on any atom is 0.330 e. The van der Waals surface area contributed by atoms with E-state index in [0.29, 0.717) is 32.1 Å². The second-order valence-electron chi connectivity index (χ2n) is 21.4. The van der Waals surface area contributed by atoms with Gasteiger partial charge >= 0.3 is 23.9 Å². The van der Waals surface area contributed by atoms with Crippen LogP contribution in [0.15, 0.2) is 12.2 Å². The van der Waals surface area contributed by atoms with Gasteiger partial charge in [-0.15, -0.1) is 0 Å². The Balaban J connectivity index is 1.70. The standard InChI is InChI=1S/C54H90O24/c1-9-12-18-22-32-23-19-16-14-13-15-17-20-24-36(59)73-47-43(74-49(65)27(4)11-3)38(61)33(25-55)70-53(47)76-44-39(62)34(26-56)71-54(77-45-40(63)37(60)30(7)67-51(45)69-32)48(44)78-52-46(75-50(66)28(5)29(6)57)41(64)42(31(8)68-52)72-35(58)21-10-2/h10,21,27-34,37-48,51-57,60-64H,9,11-20,22-26H2,1-8H3/b21-10-/t27-,28-,29+,30+,31-,32-,33+,34+,37+,38+,39+,40-,41+,42-,43-,44-,45-,46+,47+,48+,51-,52-,53+,54-/m0/s1. The number of esters is 4. The van der Waals surface area contributed by atoms with Crippen LogP contribution in [0.1, 0.15) is 145 Å². The third-order valence-electron chi connectivity index (χ3n) is 15.3. The fourth-order valence-corrected chi connectivity index (χ4v) is 9.97. The number of allylic oxidation sites excluding steroid dienone is 1. The molecule has 0 aromatic rings. The van der Waals surface area contributed by atoms with Crippen molar-refractivity contribution in [1.82, 2.24) is 0 Å². The number of aliphatic hydroxyl groups excluding tert-OH is 8. The number of rotatable bonds is 16. The number of ether oxygens (including phenoxy) is 12. The van der Waals surface area contributed by atoms with Gasteiger partial charge in [0.25, 0.3) is 0 Å². The van der Waals surface area contributed by atoms with Gasteiger partial charge in [0, 0.05) is 12.5 Å². The minimum absolute atomic E-state index is 0.116. The zero-order valence-electron chi connectivity index (χ0n) is 46.4. The molecule has 24 heteroatoms. The predicted octanol–water partition coefficient (Wildman–Crippen LogP) is 1.65. The Kier molecular flexibility index (Phi) is 27.0. The highest BCUT2D eigenvalue weighted by Gasteiger charge is 2.59. The van der Waals surface area contributed by atoms with E-state index in [0.717, 1.165) is 57.4 Å². The molecular weight excluding hydrogens is 1030 g/mol. The topological polar surface area (TPSA) is 341 Å². The van der Waals surface area contributed by atoms with Crippen molar-refractivity contribution in [1.29, 1.82) is 0 Å². The zero-order valence-corrected chi connectivity index (χ0v) is 46.4.